The first-order chi connectivity index (χ1) is 39.0. The van der Waals surface area contributed by atoms with Crippen molar-refractivity contribution in [3.05, 3.63) is 179 Å². The third-order valence-electron chi connectivity index (χ3n) is 10.8. The number of ketones is 2. The van der Waals surface area contributed by atoms with Crippen molar-refractivity contribution in [2.24, 2.45) is 0 Å². The molecule has 452 valence electrons. The number of ether oxygens (including phenoxy) is 2. The number of pyridine rings is 2. The van der Waals surface area contributed by atoms with E-state index >= 15 is 0 Å². The molecule has 0 fully saturated rings. The lowest BCUT2D eigenvalue weighted by molar-refractivity contribution is -0.119. The van der Waals surface area contributed by atoms with Crippen LogP contribution < -0.4 is 19.9 Å². The average Bonchev–Trinajstić information content (AvgIpc) is 3.51. The Morgan fingerprint density at radius 2 is 0.778 bits per heavy atom. The second kappa shape index (κ2) is 49.7. The quantitative estimate of drug-likeness (QED) is 0.0434. The van der Waals surface area contributed by atoms with Gasteiger partial charge in [-0.2, -0.15) is 0 Å². The van der Waals surface area contributed by atoms with Crippen LogP contribution in [-0.2, 0) is 67.2 Å². The van der Waals surface area contributed by atoms with Gasteiger partial charge in [-0.15, -0.1) is 0 Å². The summed E-state index contributed by atoms with van der Waals surface area (Å²) in [6.45, 7) is 31.3. The third-order valence-corrected chi connectivity index (χ3v) is 14.7. The molecule has 0 aliphatic carbocycles. The predicted octanol–water partition coefficient (Wildman–Crippen LogP) is 16.5. The molecule has 4 aromatic carbocycles. The van der Waals surface area contributed by atoms with Crippen molar-refractivity contribution in [2.75, 3.05) is 23.7 Å². The highest BCUT2D eigenvalue weighted by Gasteiger charge is 2.18. The van der Waals surface area contributed by atoms with Crippen LogP contribution in [0, 0.1) is 0 Å². The molecule has 12 nitrogen and oxygen atoms in total. The van der Waals surface area contributed by atoms with Crippen LogP contribution in [0.1, 0.15) is 170 Å². The van der Waals surface area contributed by atoms with E-state index in [9.17, 15) is 26.4 Å². The molecule has 3 N–H and O–H groups in total. The van der Waals surface area contributed by atoms with Crippen LogP contribution in [0.4, 0.5) is 11.4 Å². The first kappa shape index (κ1) is 79.1. The normalized spacial score (nSPS) is 9.96. The molecular formula is C66H101ClN4O8S2. The minimum atomic E-state index is -3.44. The molecule has 6 aromatic rings. The number of halogens is 1. The summed E-state index contributed by atoms with van der Waals surface area (Å²) in [5.74, 6) is 1.78. The molecular weight excluding hydrogens is 1080 g/mol. The van der Waals surface area contributed by atoms with Crippen LogP contribution in [-0.4, -0.2) is 62.1 Å². The molecule has 0 saturated heterocycles. The Morgan fingerprint density at radius 1 is 0.457 bits per heavy atom. The van der Waals surface area contributed by atoms with E-state index in [1.54, 1.807) is 50.6 Å². The van der Waals surface area contributed by atoms with E-state index in [1.807, 2.05) is 156 Å². The number of nitrogen functional groups attached to an aromatic ring is 1. The zero-order chi connectivity index (χ0) is 62.1. The molecule has 0 aliphatic heterocycles. The molecule has 0 aliphatic rings. The molecule has 2 heterocycles. The lowest BCUT2D eigenvalue weighted by atomic mass is 10.0. The Labute approximate surface area is 496 Å². The number of nitrogens with one attached hydrogen (secondary N) is 1. The van der Waals surface area contributed by atoms with Gasteiger partial charge < -0.3 is 15.2 Å². The van der Waals surface area contributed by atoms with Gasteiger partial charge in [0.25, 0.3) is 0 Å². The van der Waals surface area contributed by atoms with Crippen molar-refractivity contribution in [1.82, 2.24) is 9.97 Å². The van der Waals surface area contributed by atoms with Gasteiger partial charge in [-0.25, -0.2) is 16.8 Å². The summed E-state index contributed by atoms with van der Waals surface area (Å²) >= 11 is 0. The van der Waals surface area contributed by atoms with Gasteiger partial charge in [0.1, 0.15) is 23.1 Å². The number of hydrogen-bond acceptors (Lipinski definition) is 11. The topological polar surface area (TPSA) is 185 Å². The number of aryl methyl sites for hydroxylation is 4. The van der Waals surface area contributed by atoms with Crippen molar-refractivity contribution in [3.8, 4) is 11.5 Å². The molecule has 0 bridgehead atoms. The van der Waals surface area contributed by atoms with E-state index in [2.05, 4.69) is 51.1 Å². The lowest BCUT2D eigenvalue weighted by Gasteiger charge is -2.15. The number of para-hydroxylation sites is 4. The predicted molar refractivity (Wildman–Crippen MR) is 346 cm³/mol. The summed E-state index contributed by atoms with van der Waals surface area (Å²) < 4.78 is 58.8. The number of aromatic nitrogens is 2. The van der Waals surface area contributed by atoms with E-state index < -0.39 is 29.6 Å². The van der Waals surface area contributed by atoms with E-state index in [4.69, 9.17) is 25.9 Å². The standard InChI is InChI=1S/C27H32N2O4S.C24H26N2O2.C3H7ClO2S.6C2H6/c1-21(2)34(31,32)29-26-7-3-4-8-27(26)33-19-17-23-11-9-22(10-12-23)13-15-25(30)16-14-24-6-5-18-28-20-24;25-23-5-1-2-6-24(23)28-17-15-20-9-7-19(8-10-20)11-13-22(27)14-12-21-4-3-16-26-18-21;1-3(2)7(4,5)6;6*1-2/h3-12,18,20-21,29H,13-17,19H2,1-2H3;1-10,16,18H,11-15,17,25H2;3H,1-2H3;6*1-2H3. The summed E-state index contributed by atoms with van der Waals surface area (Å²) in [6, 6.07) is 39.0. The minimum absolute atomic E-state index is 0.257. The Kier molecular flexibility index (Phi) is 48.6. The number of rotatable bonds is 24. The van der Waals surface area contributed by atoms with Crippen LogP contribution in [0.2, 0.25) is 0 Å². The van der Waals surface area contributed by atoms with Gasteiger partial charge in [0.15, 0.2) is 0 Å². The molecule has 0 spiro atoms. The fourth-order valence-corrected chi connectivity index (χ4v) is 7.05. The molecule has 0 saturated carbocycles. The summed E-state index contributed by atoms with van der Waals surface area (Å²) in [5.41, 5.74) is 13.8. The van der Waals surface area contributed by atoms with E-state index in [1.165, 1.54) is 25.0 Å². The van der Waals surface area contributed by atoms with Gasteiger partial charge in [-0.1, -0.05) is 168 Å². The number of nitrogens with two attached hydrogens (primary N) is 1. The number of benzene rings is 4. The molecule has 81 heavy (non-hydrogen) atoms. The number of anilines is 2. The van der Waals surface area contributed by atoms with Crippen LogP contribution in [0.3, 0.4) is 0 Å². The summed E-state index contributed by atoms with van der Waals surface area (Å²) in [7, 11) is -1.87. The zero-order valence-corrected chi connectivity index (χ0v) is 54.3. The summed E-state index contributed by atoms with van der Waals surface area (Å²) in [4.78, 5) is 32.5. The van der Waals surface area contributed by atoms with E-state index in [-0.39, 0.29) is 5.78 Å². The minimum Gasteiger partial charge on any atom is -0.491 e. The van der Waals surface area contributed by atoms with E-state index in [0.29, 0.717) is 68.2 Å². The van der Waals surface area contributed by atoms with Crippen molar-refractivity contribution in [2.45, 2.75) is 185 Å². The second-order valence-corrected chi connectivity index (χ2v) is 22.3. The molecule has 15 heteroatoms. The largest absolute Gasteiger partial charge is 0.491 e. The zero-order valence-electron chi connectivity index (χ0n) is 51.9. The van der Waals surface area contributed by atoms with Gasteiger partial charge in [0, 0.05) is 74.0 Å². The van der Waals surface area contributed by atoms with Crippen molar-refractivity contribution >= 4 is 52.7 Å². The number of carbonyl (C=O) groups excluding carboxylic acids is 2. The monoisotopic (exact) mass is 1180 g/mol. The second-order valence-electron chi connectivity index (χ2n) is 16.9. The smallest absolute Gasteiger partial charge is 0.235 e. The van der Waals surface area contributed by atoms with Crippen molar-refractivity contribution < 1.29 is 35.9 Å². The van der Waals surface area contributed by atoms with Crippen LogP contribution >= 0.6 is 10.7 Å². The number of sulfonamides is 1. The lowest BCUT2D eigenvalue weighted by Crippen LogP contribution is -2.22. The molecule has 6 rings (SSSR count). The molecule has 0 amide bonds. The molecule has 0 unspecified atom stereocenters. The van der Waals surface area contributed by atoms with Gasteiger partial charge in [0.05, 0.1) is 35.1 Å². The van der Waals surface area contributed by atoms with Crippen molar-refractivity contribution in [1.29, 1.82) is 0 Å². The van der Waals surface area contributed by atoms with Gasteiger partial charge in [0.2, 0.25) is 19.1 Å². The number of carbonyl (C=O) groups is 2. The molecule has 2 aromatic heterocycles. The average molecular weight is 1180 g/mol. The van der Waals surface area contributed by atoms with Gasteiger partial charge in [-0.3, -0.25) is 24.3 Å². The highest BCUT2D eigenvalue weighted by atomic mass is 35.7. The van der Waals surface area contributed by atoms with Crippen LogP contribution in [0.25, 0.3) is 0 Å². The Hall–Kier alpha value is -6.09. The van der Waals surface area contributed by atoms with Gasteiger partial charge >= 0.3 is 0 Å². The highest BCUT2D eigenvalue weighted by molar-refractivity contribution is 8.14. The molecule has 0 atom stereocenters. The van der Waals surface area contributed by atoms with Crippen LogP contribution in [0.15, 0.2) is 146 Å². The Balaban J connectivity index is -0.00000116. The first-order valence-electron chi connectivity index (χ1n) is 29.1. The maximum Gasteiger partial charge on any atom is 0.235 e. The summed E-state index contributed by atoms with van der Waals surface area (Å²) in [5, 5.41) is -0.996. The van der Waals surface area contributed by atoms with E-state index in [0.717, 1.165) is 60.1 Å². The fraction of sp³-hybridized carbons (Fsp3) is 0.455. The SMILES string of the molecule is CC.CC.CC.CC.CC.CC.CC(C)S(=O)(=O)Cl.CC(C)S(=O)(=O)Nc1ccccc1OCCc1ccc(CCC(=O)CCc2cccnc2)cc1.Nc1ccccc1OCCc1ccc(CCC(=O)CCc2cccnc2)cc1. The van der Waals surface area contributed by atoms with Gasteiger partial charge in [-0.05, 0) is 123 Å². The maximum atomic E-state index is 12.2. The first-order valence-corrected chi connectivity index (χ1v) is 33.0. The van der Waals surface area contributed by atoms with Crippen LogP contribution in [0.5, 0.6) is 11.5 Å². The number of hydrogen-bond donors (Lipinski definition) is 2. The number of Topliss-reactive ketones (excluding diaryl/α,β-unsaturated/α-hetero) is 2. The Bertz CT molecular complexity index is 2690. The third kappa shape index (κ3) is 37.5. The number of nitrogens with zero attached hydrogens (tertiary/aromatic N) is 2. The summed E-state index contributed by atoms with van der Waals surface area (Å²) in [6.07, 6.45) is 13.8. The molecule has 0 radical (unpaired) electrons. The van der Waals surface area contributed by atoms with Crippen molar-refractivity contribution in [3.63, 3.8) is 0 Å². The maximum absolute atomic E-state index is 12.2. The Morgan fingerprint density at radius 3 is 1.11 bits per heavy atom. The highest BCUT2D eigenvalue weighted by Crippen LogP contribution is 2.26. The fourth-order valence-electron chi connectivity index (χ4n) is 6.34.